The van der Waals surface area contributed by atoms with E-state index in [2.05, 4.69) is 26.8 Å². The van der Waals surface area contributed by atoms with Gasteiger partial charge in [0, 0.05) is 5.56 Å². The number of benzene rings is 1. The van der Waals surface area contributed by atoms with Crippen LogP contribution in [-0.2, 0) is 12.8 Å². The van der Waals surface area contributed by atoms with Gasteiger partial charge in [0.05, 0.1) is 12.6 Å². The first-order chi connectivity index (χ1) is 19.1. The van der Waals surface area contributed by atoms with E-state index in [4.69, 9.17) is 9.47 Å². The van der Waals surface area contributed by atoms with E-state index in [9.17, 15) is 17.6 Å². The quantitative estimate of drug-likeness (QED) is 0.249. The molecule has 6 rings (SSSR count). The number of ether oxygens (including phenoxy) is 2. The Hall–Kier alpha value is -2.55. The first-order valence-electron chi connectivity index (χ1n) is 13.2. The molecule has 3 aliphatic rings. The Labute approximate surface area is 245 Å². The number of rotatable bonds is 7. The van der Waals surface area contributed by atoms with Gasteiger partial charge in [0.15, 0.2) is 5.75 Å². The van der Waals surface area contributed by atoms with Gasteiger partial charge in [-0.1, -0.05) is 0 Å². The summed E-state index contributed by atoms with van der Waals surface area (Å²) in [5.41, 5.74) is 2.17. The summed E-state index contributed by atoms with van der Waals surface area (Å²) in [4.78, 5) is 17.5. The van der Waals surface area contributed by atoms with E-state index >= 15 is 0 Å². The van der Waals surface area contributed by atoms with Gasteiger partial charge in [0.1, 0.15) is 17.9 Å². The van der Waals surface area contributed by atoms with Gasteiger partial charge in [0.2, 0.25) is 0 Å². The normalized spacial score (nSPS) is 20.6. The third kappa shape index (κ3) is 5.50. The molecule has 1 unspecified atom stereocenters. The molecule has 1 aliphatic carbocycles. The van der Waals surface area contributed by atoms with Crippen LogP contribution in [0.15, 0.2) is 43.0 Å². The SMILES string of the molecule is CC1c2c(OC3CC4(C3)CN(c3ncncc3Oc3ccc(F)cc3CC(F)(F)F)C4)ccnc2CCN1[CH2][Pb]. The molecule has 1 atom stereocenters. The average Bonchev–Trinajstić information content (AvgIpc) is 2.86. The second-order valence-corrected chi connectivity index (χ2v) is 12.2. The van der Waals surface area contributed by atoms with E-state index in [1.807, 2.05) is 17.2 Å². The summed E-state index contributed by atoms with van der Waals surface area (Å²) in [5, 5.41) is 0. The van der Waals surface area contributed by atoms with E-state index in [0.717, 1.165) is 92.3 Å². The van der Waals surface area contributed by atoms with Crippen LogP contribution >= 0.6 is 0 Å². The Kier molecular flexibility index (Phi) is 7.38. The molecule has 2 fully saturated rings. The number of alkyl halides is 3. The summed E-state index contributed by atoms with van der Waals surface area (Å²) in [6, 6.07) is 5.41. The molecule has 1 saturated heterocycles. The summed E-state index contributed by atoms with van der Waals surface area (Å²) in [6.07, 6.45) is 1.75. The van der Waals surface area contributed by atoms with Gasteiger partial charge >= 0.3 is 154 Å². The predicted octanol–water partition coefficient (Wildman–Crippen LogP) is 5.00. The Bertz CT molecular complexity index is 1390. The summed E-state index contributed by atoms with van der Waals surface area (Å²) in [7, 11) is 0. The maximum absolute atomic E-state index is 13.7. The molecule has 0 N–H and O–H groups in total. The van der Waals surface area contributed by atoms with Crippen molar-refractivity contribution in [3.05, 3.63) is 65.6 Å². The third-order valence-electron chi connectivity index (χ3n) is 8.10. The molecule has 7 nitrogen and oxygen atoms in total. The average molecular weight is 750 g/mol. The fourth-order valence-electron chi connectivity index (χ4n) is 6.17. The predicted molar refractivity (Wildman–Crippen MR) is 140 cm³/mol. The molecule has 1 spiro atoms. The Morgan fingerprint density at radius 1 is 1.10 bits per heavy atom. The molecular formula is C28H28F4N5O2Pb. The van der Waals surface area contributed by atoms with Crippen LogP contribution in [0, 0.1) is 11.2 Å². The van der Waals surface area contributed by atoms with Gasteiger partial charge in [0.25, 0.3) is 0 Å². The van der Waals surface area contributed by atoms with Gasteiger partial charge in [-0.2, -0.15) is 13.2 Å². The zero-order valence-electron chi connectivity index (χ0n) is 21.9. The van der Waals surface area contributed by atoms with Crippen molar-refractivity contribution in [2.24, 2.45) is 5.41 Å². The zero-order chi connectivity index (χ0) is 28.1. The van der Waals surface area contributed by atoms with E-state index in [-0.39, 0.29) is 28.6 Å². The van der Waals surface area contributed by atoms with E-state index in [1.54, 1.807) is 0 Å². The van der Waals surface area contributed by atoms with Crippen LogP contribution in [0.3, 0.4) is 0 Å². The molecule has 209 valence electrons. The monoisotopic (exact) mass is 750 g/mol. The number of aromatic nitrogens is 3. The van der Waals surface area contributed by atoms with Crippen molar-refractivity contribution in [1.29, 1.82) is 0 Å². The van der Waals surface area contributed by atoms with Crippen molar-refractivity contribution in [2.75, 3.05) is 28.6 Å². The van der Waals surface area contributed by atoms with Crippen LogP contribution in [0.25, 0.3) is 0 Å². The van der Waals surface area contributed by atoms with Crippen molar-refractivity contribution in [2.45, 2.75) is 50.9 Å². The number of halogens is 4. The third-order valence-corrected chi connectivity index (χ3v) is 9.68. The molecule has 40 heavy (non-hydrogen) atoms. The number of hydrogen-bond acceptors (Lipinski definition) is 7. The number of fused-ring (bicyclic) bond motifs is 1. The molecule has 0 amide bonds. The fourth-order valence-corrected chi connectivity index (χ4v) is 7.85. The first-order valence-corrected chi connectivity index (χ1v) is 16.0. The molecule has 12 heteroatoms. The molecule has 1 aromatic carbocycles. The minimum atomic E-state index is -4.50. The number of nitrogens with zero attached hydrogens (tertiary/aromatic N) is 5. The van der Waals surface area contributed by atoms with E-state index < -0.39 is 18.4 Å². The Balaban J connectivity index is 1.11. The Morgan fingerprint density at radius 3 is 2.65 bits per heavy atom. The fraction of sp³-hybridized carbons (Fsp3) is 0.464. The van der Waals surface area contributed by atoms with Crippen molar-refractivity contribution in [1.82, 2.24) is 19.9 Å². The molecule has 0 bridgehead atoms. The second-order valence-electron chi connectivity index (χ2n) is 10.9. The van der Waals surface area contributed by atoms with Crippen LogP contribution in [0.2, 0.25) is 0 Å². The van der Waals surface area contributed by atoms with Gasteiger partial charge in [-0.3, -0.25) is 0 Å². The molecule has 4 heterocycles. The summed E-state index contributed by atoms with van der Waals surface area (Å²) in [5.74, 6) is 0.858. The van der Waals surface area contributed by atoms with E-state index in [1.165, 1.54) is 24.2 Å². The number of hydrogen-bond donors (Lipinski definition) is 0. The van der Waals surface area contributed by atoms with Crippen molar-refractivity contribution < 1.29 is 27.0 Å². The zero-order valence-corrected chi connectivity index (χ0v) is 25.8. The topological polar surface area (TPSA) is 63.6 Å². The van der Waals surface area contributed by atoms with Crippen molar-refractivity contribution in [3.63, 3.8) is 0 Å². The first kappa shape index (κ1) is 27.6. The Morgan fingerprint density at radius 2 is 1.90 bits per heavy atom. The van der Waals surface area contributed by atoms with Crippen molar-refractivity contribution in [3.8, 4) is 17.2 Å². The molecule has 3 aromatic rings. The maximum atomic E-state index is 13.7. The summed E-state index contributed by atoms with van der Waals surface area (Å²) in [6.45, 7) is 4.74. The standard InChI is InChI=1S/C28H28F4N5O2.Pb/c1-17-25-21(6-8-36(17)2)34-7-5-23(25)38-20-11-27(12-20)14-37(15-27)26-24(13-33-16-35-26)39-22-4-3-19(29)9-18(22)10-28(30,31)32;/h3-5,7,9,13,16-17,20H,2,6,8,10-12,14-15H2,1H3;. The summed E-state index contributed by atoms with van der Waals surface area (Å²) >= 11 is 1.13. The molecule has 3 radical (unpaired) electrons. The minimum absolute atomic E-state index is 0.0685. The van der Waals surface area contributed by atoms with Crippen molar-refractivity contribution >= 4 is 31.6 Å². The molecule has 2 aromatic heterocycles. The second kappa shape index (κ2) is 10.7. The van der Waals surface area contributed by atoms with Crippen LogP contribution in [-0.4, -0.2) is 81.6 Å². The van der Waals surface area contributed by atoms with Gasteiger partial charge in [-0.05, 0) is 18.2 Å². The molecule has 2 aliphatic heterocycles. The van der Waals surface area contributed by atoms with Crippen LogP contribution in [0.4, 0.5) is 23.4 Å². The summed E-state index contributed by atoms with van der Waals surface area (Å²) < 4.78 is 66.4. The van der Waals surface area contributed by atoms with Crippen LogP contribution in [0.5, 0.6) is 17.2 Å². The van der Waals surface area contributed by atoms with Gasteiger partial charge in [-0.25, -0.2) is 14.4 Å². The molecular weight excluding hydrogens is 722 g/mol. The van der Waals surface area contributed by atoms with Crippen LogP contribution < -0.4 is 14.4 Å². The molecule has 1 saturated carbocycles. The van der Waals surface area contributed by atoms with E-state index in [0.29, 0.717) is 11.9 Å². The van der Waals surface area contributed by atoms with Gasteiger partial charge in [-0.15, -0.1) is 0 Å². The number of pyridine rings is 1. The van der Waals surface area contributed by atoms with Crippen LogP contribution in [0.1, 0.15) is 42.6 Å². The van der Waals surface area contributed by atoms with Gasteiger partial charge < -0.3 is 4.74 Å². The number of anilines is 1.